The monoisotopic (exact) mass is 370 g/mol. The van der Waals surface area contributed by atoms with Crippen LogP contribution in [0.5, 0.6) is 0 Å². The highest BCUT2D eigenvalue weighted by Crippen LogP contribution is 2.25. The number of carboxylic acid groups (broad SMARTS) is 1. The summed E-state index contributed by atoms with van der Waals surface area (Å²) in [5.74, 6) is -1.77. The molecule has 2 atom stereocenters. The molecule has 142 valence electrons. The maximum absolute atomic E-state index is 12.9. The van der Waals surface area contributed by atoms with E-state index in [9.17, 15) is 19.5 Å². The van der Waals surface area contributed by atoms with Crippen LogP contribution in [0.4, 0.5) is 5.69 Å². The van der Waals surface area contributed by atoms with Crippen LogP contribution in [0.15, 0.2) is 41.0 Å². The van der Waals surface area contributed by atoms with Gasteiger partial charge in [-0.1, -0.05) is 13.0 Å². The number of aliphatic carboxylic acids is 1. The summed E-state index contributed by atoms with van der Waals surface area (Å²) in [5, 5.41) is 12.1. The van der Waals surface area contributed by atoms with Crippen molar-refractivity contribution in [2.45, 2.75) is 20.3 Å². The molecule has 2 heterocycles. The molecule has 0 radical (unpaired) electrons. The van der Waals surface area contributed by atoms with Gasteiger partial charge in [0.15, 0.2) is 5.76 Å². The fourth-order valence-corrected chi connectivity index (χ4v) is 3.36. The van der Waals surface area contributed by atoms with Crippen molar-refractivity contribution in [3.63, 3.8) is 0 Å². The van der Waals surface area contributed by atoms with Gasteiger partial charge in [-0.25, -0.2) is 0 Å². The lowest BCUT2D eigenvalue weighted by atomic mass is 9.90. The number of nitrogens with one attached hydrogen (secondary N) is 1. The topological polar surface area (TPSA) is 99.9 Å². The van der Waals surface area contributed by atoms with Crippen molar-refractivity contribution in [1.29, 1.82) is 0 Å². The molecule has 27 heavy (non-hydrogen) atoms. The molecule has 0 spiro atoms. The highest BCUT2D eigenvalue weighted by atomic mass is 16.4. The number of hydrogen-bond acceptors (Lipinski definition) is 4. The molecule has 0 aliphatic carbocycles. The number of amides is 2. The van der Waals surface area contributed by atoms with Crippen LogP contribution < -0.4 is 5.32 Å². The number of carbonyl (C=O) groups excluding carboxylic acids is 2. The maximum atomic E-state index is 12.9. The van der Waals surface area contributed by atoms with Crippen molar-refractivity contribution in [2.75, 3.05) is 18.4 Å². The van der Waals surface area contributed by atoms with Gasteiger partial charge in [0.05, 0.1) is 12.2 Å². The number of hydrogen-bond donors (Lipinski definition) is 2. The molecular formula is C20H22N2O5. The van der Waals surface area contributed by atoms with Crippen molar-refractivity contribution in [3.8, 4) is 0 Å². The van der Waals surface area contributed by atoms with Crippen molar-refractivity contribution in [3.05, 3.63) is 53.5 Å². The van der Waals surface area contributed by atoms with Crippen LogP contribution in [0.25, 0.3) is 0 Å². The summed E-state index contributed by atoms with van der Waals surface area (Å²) in [4.78, 5) is 38.0. The van der Waals surface area contributed by atoms with Gasteiger partial charge < -0.3 is 19.7 Å². The second-order valence-electron chi connectivity index (χ2n) is 7.05. The van der Waals surface area contributed by atoms with E-state index in [2.05, 4.69) is 5.32 Å². The van der Waals surface area contributed by atoms with E-state index >= 15 is 0 Å². The summed E-state index contributed by atoms with van der Waals surface area (Å²) in [6, 6.07) is 8.24. The van der Waals surface area contributed by atoms with Gasteiger partial charge in [0.1, 0.15) is 0 Å². The lowest BCUT2D eigenvalue weighted by molar-refractivity contribution is -0.143. The van der Waals surface area contributed by atoms with E-state index in [-0.39, 0.29) is 24.1 Å². The highest BCUT2D eigenvalue weighted by Gasteiger charge is 2.32. The zero-order valence-electron chi connectivity index (χ0n) is 15.3. The van der Waals surface area contributed by atoms with Gasteiger partial charge in [0.2, 0.25) is 0 Å². The van der Waals surface area contributed by atoms with E-state index in [1.165, 1.54) is 6.26 Å². The quantitative estimate of drug-likeness (QED) is 0.862. The molecule has 1 saturated heterocycles. The molecule has 7 heteroatoms. The Morgan fingerprint density at radius 2 is 2.00 bits per heavy atom. The number of carbonyl (C=O) groups is 3. The Balaban J connectivity index is 1.79. The molecule has 1 aromatic carbocycles. The Morgan fingerprint density at radius 1 is 1.22 bits per heavy atom. The largest absolute Gasteiger partial charge is 0.481 e. The third kappa shape index (κ3) is 4.19. The van der Waals surface area contributed by atoms with Crippen LogP contribution in [0, 0.1) is 18.8 Å². The highest BCUT2D eigenvalue weighted by molar-refractivity contribution is 6.04. The van der Waals surface area contributed by atoms with Gasteiger partial charge in [-0.3, -0.25) is 14.4 Å². The molecule has 1 aliphatic rings. The molecule has 2 amide bonds. The molecule has 1 aliphatic heterocycles. The lowest BCUT2D eigenvalue weighted by Crippen LogP contribution is -2.45. The second-order valence-corrected chi connectivity index (χ2v) is 7.05. The molecule has 0 bridgehead atoms. The Kier molecular flexibility index (Phi) is 5.30. The van der Waals surface area contributed by atoms with Gasteiger partial charge in [-0.05, 0) is 49.1 Å². The van der Waals surface area contributed by atoms with Crippen molar-refractivity contribution >= 4 is 23.5 Å². The molecule has 1 aromatic heterocycles. The third-order valence-electron chi connectivity index (χ3n) is 4.77. The van der Waals surface area contributed by atoms with Crippen LogP contribution in [-0.4, -0.2) is 40.9 Å². The molecule has 7 nitrogen and oxygen atoms in total. The average molecular weight is 370 g/mol. The molecule has 0 saturated carbocycles. The third-order valence-corrected chi connectivity index (χ3v) is 4.77. The van der Waals surface area contributed by atoms with Crippen LogP contribution in [0.2, 0.25) is 0 Å². The van der Waals surface area contributed by atoms with Gasteiger partial charge in [-0.15, -0.1) is 0 Å². The van der Waals surface area contributed by atoms with E-state index in [1.54, 1.807) is 35.2 Å². The predicted octanol–water partition coefficient (Wildman–Crippen LogP) is 3.02. The normalized spacial score (nSPS) is 19.6. The first-order chi connectivity index (χ1) is 12.8. The van der Waals surface area contributed by atoms with Crippen LogP contribution in [0.3, 0.4) is 0 Å². The number of piperidine rings is 1. The molecule has 2 N–H and O–H groups in total. The summed E-state index contributed by atoms with van der Waals surface area (Å²) in [6.07, 6.45) is 1.98. The summed E-state index contributed by atoms with van der Waals surface area (Å²) in [7, 11) is 0. The number of furan rings is 1. The number of aryl methyl sites for hydroxylation is 1. The SMILES string of the molecule is Cc1ccc(C(=O)N2CC(C)CC(C(=O)O)C2)cc1NC(=O)c1ccco1. The van der Waals surface area contributed by atoms with Gasteiger partial charge in [-0.2, -0.15) is 0 Å². The van der Waals surface area contributed by atoms with Crippen molar-refractivity contribution < 1.29 is 23.9 Å². The zero-order valence-corrected chi connectivity index (χ0v) is 15.3. The molecule has 2 aromatic rings. The minimum atomic E-state index is -0.880. The number of carboxylic acids is 1. The maximum Gasteiger partial charge on any atom is 0.308 e. The molecule has 1 fully saturated rings. The number of benzene rings is 1. The molecular weight excluding hydrogens is 348 g/mol. The summed E-state index contributed by atoms with van der Waals surface area (Å²) < 4.78 is 5.08. The summed E-state index contributed by atoms with van der Waals surface area (Å²) in [6.45, 7) is 4.49. The van der Waals surface area contributed by atoms with E-state index in [1.807, 2.05) is 13.8 Å². The Hall–Kier alpha value is -3.09. The molecule has 3 rings (SSSR count). The Bertz CT molecular complexity index is 859. The smallest absolute Gasteiger partial charge is 0.308 e. The predicted molar refractivity (Wildman–Crippen MR) is 98.7 cm³/mol. The number of likely N-dealkylation sites (tertiary alicyclic amines) is 1. The zero-order chi connectivity index (χ0) is 19.6. The van der Waals surface area contributed by atoms with E-state index in [0.717, 1.165) is 5.56 Å². The van der Waals surface area contributed by atoms with Gasteiger partial charge >= 0.3 is 5.97 Å². The number of rotatable bonds is 4. The first kappa shape index (κ1) is 18.7. The Labute approximate surface area is 157 Å². The minimum Gasteiger partial charge on any atom is -0.481 e. The van der Waals surface area contributed by atoms with E-state index in [0.29, 0.717) is 24.2 Å². The fourth-order valence-electron chi connectivity index (χ4n) is 3.36. The number of nitrogens with zero attached hydrogens (tertiary/aromatic N) is 1. The van der Waals surface area contributed by atoms with Crippen molar-refractivity contribution in [2.24, 2.45) is 11.8 Å². The van der Waals surface area contributed by atoms with Crippen LogP contribution in [-0.2, 0) is 4.79 Å². The van der Waals surface area contributed by atoms with Crippen LogP contribution >= 0.6 is 0 Å². The van der Waals surface area contributed by atoms with Gasteiger partial charge in [0, 0.05) is 24.3 Å². The Morgan fingerprint density at radius 3 is 2.67 bits per heavy atom. The summed E-state index contributed by atoms with van der Waals surface area (Å²) >= 11 is 0. The summed E-state index contributed by atoms with van der Waals surface area (Å²) in [5.41, 5.74) is 1.73. The fraction of sp³-hybridized carbons (Fsp3) is 0.350. The first-order valence-electron chi connectivity index (χ1n) is 8.82. The van der Waals surface area contributed by atoms with E-state index < -0.39 is 17.8 Å². The minimum absolute atomic E-state index is 0.118. The second kappa shape index (κ2) is 7.65. The van der Waals surface area contributed by atoms with E-state index in [4.69, 9.17) is 4.42 Å². The van der Waals surface area contributed by atoms with Gasteiger partial charge in [0.25, 0.3) is 11.8 Å². The number of anilines is 1. The average Bonchev–Trinajstić information content (AvgIpc) is 3.17. The standard InChI is InChI=1S/C20H22N2O5/c1-12-8-15(20(25)26)11-22(10-12)19(24)14-6-5-13(2)16(9-14)21-18(23)17-4-3-7-27-17/h3-7,9,12,15H,8,10-11H2,1-2H3,(H,21,23)(H,25,26). The first-order valence-corrected chi connectivity index (χ1v) is 8.82. The van der Waals surface area contributed by atoms with Crippen LogP contribution in [0.1, 0.15) is 39.8 Å². The lowest BCUT2D eigenvalue weighted by Gasteiger charge is -2.34. The molecule has 2 unspecified atom stereocenters. The van der Waals surface area contributed by atoms with Crippen molar-refractivity contribution in [1.82, 2.24) is 4.90 Å².